The first kappa shape index (κ1) is 13.7. The highest BCUT2D eigenvalue weighted by molar-refractivity contribution is 5.26. The van der Waals surface area contributed by atoms with Gasteiger partial charge in [0, 0.05) is 0 Å². The number of rotatable bonds is 5. The Labute approximate surface area is 112 Å². The monoisotopic (exact) mass is 262 g/mol. The van der Waals surface area contributed by atoms with Crippen molar-refractivity contribution in [1.82, 2.24) is 15.0 Å². The first-order valence-corrected chi connectivity index (χ1v) is 6.50. The Morgan fingerprint density at radius 3 is 2.95 bits per heavy atom. The van der Waals surface area contributed by atoms with Crippen LogP contribution in [0.2, 0.25) is 0 Å². The molecule has 2 N–H and O–H groups in total. The van der Waals surface area contributed by atoms with E-state index in [4.69, 9.17) is 5.73 Å². The smallest absolute Gasteiger partial charge is 0.123 e. The van der Waals surface area contributed by atoms with E-state index in [-0.39, 0.29) is 11.9 Å². The summed E-state index contributed by atoms with van der Waals surface area (Å²) in [5.74, 6) is -0.233. The summed E-state index contributed by atoms with van der Waals surface area (Å²) in [5.41, 5.74) is 8.72. The van der Waals surface area contributed by atoms with Gasteiger partial charge in [0.05, 0.1) is 24.5 Å². The van der Waals surface area contributed by atoms with Gasteiger partial charge in [0.2, 0.25) is 0 Å². The molecule has 0 saturated carbocycles. The zero-order valence-corrected chi connectivity index (χ0v) is 11.3. The quantitative estimate of drug-likeness (QED) is 0.901. The summed E-state index contributed by atoms with van der Waals surface area (Å²) in [6, 6.07) is 4.68. The molecule has 102 valence electrons. The van der Waals surface area contributed by atoms with Crippen molar-refractivity contribution >= 4 is 0 Å². The molecule has 4 nitrogen and oxygen atoms in total. The van der Waals surface area contributed by atoms with E-state index in [1.54, 1.807) is 10.7 Å². The van der Waals surface area contributed by atoms with E-state index in [2.05, 4.69) is 17.2 Å². The summed E-state index contributed by atoms with van der Waals surface area (Å²) in [7, 11) is 0. The lowest BCUT2D eigenvalue weighted by atomic mass is 10.1. The topological polar surface area (TPSA) is 56.7 Å². The second-order valence-electron chi connectivity index (χ2n) is 4.81. The summed E-state index contributed by atoms with van der Waals surface area (Å²) in [6.45, 7) is 4.55. The second-order valence-corrected chi connectivity index (χ2v) is 4.81. The lowest BCUT2D eigenvalue weighted by molar-refractivity contribution is 0.610. The van der Waals surface area contributed by atoms with Gasteiger partial charge < -0.3 is 5.73 Å². The van der Waals surface area contributed by atoms with Crippen LogP contribution in [0.5, 0.6) is 0 Å². The molecule has 0 aliphatic carbocycles. The molecule has 0 aliphatic heterocycles. The van der Waals surface area contributed by atoms with E-state index in [1.165, 1.54) is 12.1 Å². The van der Waals surface area contributed by atoms with Gasteiger partial charge in [-0.05, 0) is 36.6 Å². The molecule has 0 radical (unpaired) electrons. The maximum atomic E-state index is 13.2. The molecule has 0 amide bonds. The van der Waals surface area contributed by atoms with Crippen molar-refractivity contribution < 1.29 is 4.39 Å². The zero-order valence-electron chi connectivity index (χ0n) is 11.3. The Balaban J connectivity index is 2.13. The van der Waals surface area contributed by atoms with Crippen LogP contribution in [0.4, 0.5) is 4.39 Å². The van der Waals surface area contributed by atoms with Crippen LogP contribution in [0, 0.1) is 12.7 Å². The summed E-state index contributed by atoms with van der Waals surface area (Å²) in [4.78, 5) is 0. The molecule has 0 bridgehead atoms. The summed E-state index contributed by atoms with van der Waals surface area (Å²) >= 11 is 0. The van der Waals surface area contributed by atoms with E-state index >= 15 is 0 Å². The Kier molecular flexibility index (Phi) is 4.27. The predicted molar refractivity (Wildman–Crippen MR) is 72.1 cm³/mol. The number of aromatic nitrogens is 3. The fourth-order valence-electron chi connectivity index (χ4n) is 2.00. The number of benzene rings is 1. The molecule has 0 fully saturated rings. The molecule has 2 rings (SSSR count). The van der Waals surface area contributed by atoms with Gasteiger partial charge in [0.15, 0.2) is 0 Å². The Morgan fingerprint density at radius 1 is 1.42 bits per heavy atom. The van der Waals surface area contributed by atoms with Crippen LogP contribution in [0.1, 0.15) is 42.6 Å². The van der Waals surface area contributed by atoms with Crippen LogP contribution < -0.4 is 5.73 Å². The van der Waals surface area contributed by atoms with E-state index in [9.17, 15) is 4.39 Å². The minimum absolute atomic E-state index is 0.0765. The number of halogens is 1. The molecular weight excluding hydrogens is 243 g/mol. The highest BCUT2D eigenvalue weighted by Gasteiger charge is 2.10. The lowest BCUT2D eigenvalue weighted by Gasteiger charge is -2.06. The summed E-state index contributed by atoms with van der Waals surface area (Å²) < 4.78 is 14.9. The normalized spacial score (nSPS) is 12.6. The van der Waals surface area contributed by atoms with Gasteiger partial charge in [-0.3, -0.25) is 0 Å². The van der Waals surface area contributed by atoms with Gasteiger partial charge >= 0.3 is 0 Å². The highest BCUT2D eigenvalue weighted by atomic mass is 19.1. The summed E-state index contributed by atoms with van der Waals surface area (Å²) in [5, 5.41) is 8.13. The molecule has 0 spiro atoms. The standard InChI is InChI=1S/C14H19FN4/c1-3-4-13(16)14-9-19(18-17-14)8-11-7-12(15)6-5-10(11)2/h5-7,9,13H,3-4,8,16H2,1-2H3. The van der Waals surface area contributed by atoms with E-state index in [1.807, 2.05) is 13.1 Å². The van der Waals surface area contributed by atoms with Gasteiger partial charge in [0.1, 0.15) is 5.82 Å². The molecule has 0 saturated heterocycles. The first-order valence-electron chi connectivity index (χ1n) is 6.50. The largest absolute Gasteiger partial charge is 0.323 e. The van der Waals surface area contributed by atoms with E-state index in [0.29, 0.717) is 6.54 Å². The molecule has 1 atom stereocenters. The van der Waals surface area contributed by atoms with Crippen LogP contribution in [0.3, 0.4) is 0 Å². The molecule has 2 aromatic rings. The molecule has 19 heavy (non-hydrogen) atoms. The predicted octanol–water partition coefficient (Wildman–Crippen LogP) is 2.57. The van der Waals surface area contributed by atoms with Crippen LogP contribution in [0.25, 0.3) is 0 Å². The minimum atomic E-state index is -0.233. The third-order valence-corrected chi connectivity index (χ3v) is 3.18. The van der Waals surface area contributed by atoms with Crippen LogP contribution in [0.15, 0.2) is 24.4 Å². The minimum Gasteiger partial charge on any atom is -0.323 e. The molecule has 5 heteroatoms. The van der Waals surface area contributed by atoms with Crippen molar-refractivity contribution in [3.63, 3.8) is 0 Å². The van der Waals surface area contributed by atoms with Gasteiger partial charge in [-0.25, -0.2) is 9.07 Å². The van der Waals surface area contributed by atoms with E-state index in [0.717, 1.165) is 29.7 Å². The molecule has 1 aromatic heterocycles. The second kappa shape index (κ2) is 5.93. The molecule has 1 aromatic carbocycles. The maximum absolute atomic E-state index is 13.2. The highest BCUT2D eigenvalue weighted by Crippen LogP contribution is 2.14. The average Bonchev–Trinajstić information content (AvgIpc) is 2.83. The number of hydrogen-bond donors (Lipinski definition) is 1. The van der Waals surface area contributed by atoms with E-state index < -0.39 is 0 Å². The number of aryl methyl sites for hydroxylation is 1. The van der Waals surface area contributed by atoms with Crippen LogP contribution in [-0.4, -0.2) is 15.0 Å². The summed E-state index contributed by atoms with van der Waals surface area (Å²) in [6.07, 6.45) is 3.74. The first-order chi connectivity index (χ1) is 9.10. The van der Waals surface area contributed by atoms with Crippen molar-refractivity contribution in [2.24, 2.45) is 5.73 Å². The number of nitrogens with two attached hydrogens (primary N) is 1. The van der Waals surface area contributed by atoms with Gasteiger partial charge in [-0.2, -0.15) is 0 Å². The third kappa shape index (κ3) is 3.38. The SMILES string of the molecule is CCCC(N)c1cn(Cc2cc(F)ccc2C)nn1. The third-order valence-electron chi connectivity index (χ3n) is 3.18. The Bertz CT molecular complexity index is 550. The van der Waals surface area contributed by atoms with Gasteiger partial charge in [-0.15, -0.1) is 5.10 Å². The van der Waals surface area contributed by atoms with Crippen molar-refractivity contribution in [1.29, 1.82) is 0 Å². The fourth-order valence-corrected chi connectivity index (χ4v) is 2.00. The zero-order chi connectivity index (χ0) is 13.8. The lowest BCUT2D eigenvalue weighted by Crippen LogP contribution is -2.10. The number of nitrogens with zero attached hydrogens (tertiary/aromatic N) is 3. The van der Waals surface area contributed by atoms with Crippen LogP contribution >= 0.6 is 0 Å². The molecular formula is C14H19FN4. The maximum Gasteiger partial charge on any atom is 0.123 e. The molecule has 1 unspecified atom stereocenters. The number of hydrogen-bond acceptors (Lipinski definition) is 3. The molecule has 0 aliphatic rings. The fraction of sp³-hybridized carbons (Fsp3) is 0.429. The average molecular weight is 262 g/mol. The van der Waals surface area contributed by atoms with Crippen molar-refractivity contribution in [2.45, 2.75) is 39.3 Å². The van der Waals surface area contributed by atoms with Crippen LogP contribution in [-0.2, 0) is 6.54 Å². The van der Waals surface area contributed by atoms with Gasteiger partial charge in [0.25, 0.3) is 0 Å². The Morgan fingerprint density at radius 2 is 2.21 bits per heavy atom. The van der Waals surface area contributed by atoms with Crippen molar-refractivity contribution in [3.8, 4) is 0 Å². The van der Waals surface area contributed by atoms with Crippen molar-refractivity contribution in [2.75, 3.05) is 0 Å². The van der Waals surface area contributed by atoms with Crippen molar-refractivity contribution in [3.05, 3.63) is 47.0 Å². The van der Waals surface area contributed by atoms with Gasteiger partial charge in [-0.1, -0.05) is 24.6 Å². The molecule has 1 heterocycles. The Hall–Kier alpha value is -1.75.